The SMILES string of the molecule is CCCCCCCC[N+]1(C)C2CCC1CC(OC(=O)C(CO)c1ccccc1)C2. The third-order valence-electron chi connectivity index (χ3n) is 7.52. The molecule has 2 bridgehead atoms. The smallest absolute Gasteiger partial charge is 0.316 e. The predicted octanol–water partition coefficient (Wildman–Crippen LogP) is 4.81. The second-order valence-corrected chi connectivity index (χ2v) is 9.40. The molecular weight excluding hydrogens is 362 g/mol. The number of fused-ring (bicyclic) bond motifs is 2. The lowest BCUT2D eigenvalue weighted by molar-refractivity contribution is -0.949. The molecule has 0 radical (unpaired) electrons. The van der Waals surface area contributed by atoms with Gasteiger partial charge < -0.3 is 14.3 Å². The van der Waals surface area contributed by atoms with E-state index >= 15 is 0 Å². The number of hydrogen-bond acceptors (Lipinski definition) is 3. The van der Waals surface area contributed by atoms with Gasteiger partial charge in [0.1, 0.15) is 12.0 Å². The summed E-state index contributed by atoms with van der Waals surface area (Å²) in [6.07, 6.45) is 12.5. The van der Waals surface area contributed by atoms with E-state index in [0.29, 0.717) is 12.1 Å². The summed E-state index contributed by atoms with van der Waals surface area (Å²) in [5, 5.41) is 9.75. The van der Waals surface area contributed by atoms with E-state index < -0.39 is 5.92 Å². The highest BCUT2D eigenvalue weighted by Crippen LogP contribution is 2.42. The fourth-order valence-corrected chi connectivity index (χ4v) is 5.64. The minimum absolute atomic E-state index is 0.00789. The standard InChI is InChI=1S/C25H40NO3/c1-3-4-5-6-7-11-16-26(2)21-14-15-22(26)18-23(17-21)29-25(28)24(19-27)20-12-9-8-10-13-20/h8-10,12-13,21-24,27H,3-7,11,14-19H2,1-2H3/q+1. The van der Waals surface area contributed by atoms with Crippen LogP contribution in [0, 0.1) is 0 Å². The molecule has 3 atom stereocenters. The maximum absolute atomic E-state index is 12.7. The minimum Gasteiger partial charge on any atom is -0.461 e. The third-order valence-corrected chi connectivity index (χ3v) is 7.52. The van der Waals surface area contributed by atoms with E-state index in [9.17, 15) is 9.90 Å². The number of unbranched alkanes of at least 4 members (excludes halogenated alkanes) is 5. The molecule has 0 aliphatic carbocycles. The lowest BCUT2D eigenvalue weighted by Gasteiger charge is -2.47. The molecule has 1 aromatic carbocycles. The van der Waals surface area contributed by atoms with E-state index in [1.807, 2.05) is 30.3 Å². The number of aliphatic hydroxyl groups is 1. The number of hydrogen-bond donors (Lipinski definition) is 1. The Bertz CT molecular complexity index is 618. The van der Waals surface area contributed by atoms with Crippen LogP contribution in [0.1, 0.15) is 82.6 Å². The predicted molar refractivity (Wildman–Crippen MR) is 117 cm³/mol. The van der Waals surface area contributed by atoms with Gasteiger partial charge in [-0.25, -0.2) is 0 Å². The molecule has 2 aliphatic rings. The highest BCUT2D eigenvalue weighted by Gasteiger charge is 2.52. The van der Waals surface area contributed by atoms with Gasteiger partial charge in [0.05, 0.1) is 32.3 Å². The molecule has 1 aromatic rings. The quantitative estimate of drug-likeness (QED) is 0.328. The van der Waals surface area contributed by atoms with Crippen molar-refractivity contribution < 1.29 is 19.1 Å². The summed E-state index contributed by atoms with van der Waals surface area (Å²) < 4.78 is 7.12. The second kappa shape index (κ2) is 10.6. The zero-order valence-corrected chi connectivity index (χ0v) is 18.4. The molecule has 2 aliphatic heterocycles. The monoisotopic (exact) mass is 402 g/mol. The van der Waals surface area contributed by atoms with Gasteiger partial charge in [0.2, 0.25) is 0 Å². The highest BCUT2D eigenvalue weighted by atomic mass is 16.5. The number of nitrogens with zero attached hydrogens (tertiary/aromatic N) is 1. The zero-order chi connectivity index (χ0) is 20.7. The van der Waals surface area contributed by atoms with Crippen molar-refractivity contribution in [2.24, 2.45) is 0 Å². The number of benzene rings is 1. The van der Waals surface area contributed by atoms with Crippen LogP contribution in [0.15, 0.2) is 30.3 Å². The average molecular weight is 403 g/mol. The third kappa shape index (κ3) is 5.40. The van der Waals surface area contributed by atoms with Gasteiger partial charge in [-0.3, -0.25) is 4.79 Å². The number of piperidine rings is 1. The van der Waals surface area contributed by atoms with E-state index in [1.54, 1.807) is 0 Å². The van der Waals surface area contributed by atoms with Gasteiger partial charge >= 0.3 is 5.97 Å². The number of quaternary nitrogens is 1. The molecule has 29 heavy (non-hydrogen) atoms. The van der Waals surface area contributed by atoms with Gasteiger partial charge in [0.15, 0.2) is 0 Å². The molecule has 4 nitrogen and oxygen atoms in total. The van der Waals surface area contributed by atoms with E-state index in [0.717, 1.165) is 18.4 Å². The van der Waals surface area contributed by atoms with Crippen LogP contribution in [-0.4, -0.2) is 53.9 Å². The lowest BCUT2D eigenvalue weighted by atomic mass is 9.95. The van der Waals surface area contributed by atoms with Crippen molar-refractivity contribution in [1.82, 2.24) is 0 Å². The Kier molecular flexibility index (Phi) is 8.14. The van der Waals surface area contributed by atoms with E-state index in [4.69, 9.17) is 4.74 Å². The molecule has 4 heteroatoms. The summed E-state index contributed by atoms with van der Waals surface area (Å²) in [5.41, 5.74) is 0.836. The molecule has 0 amide bonds. The van der Waals surface area contributed by atoms with Crippen LogP contribution in [0.4, 0.5) is 0 Å². The Morgan fingerprint density at radius 2 is 1.69 bits per heavy atom. The topological polar surface area (TPSA) is 46.5 Å². The van der Waals surface area contributed by atoms with Gasteiger partial charge in [-0.05, 0) is 18.4 Å². The molecule has 2 saturated heterocycles. The molecule has 1 N–H and O–H groups in total. The Labute approximate surface area is 176 Å². The van der Waals surface area contributed by atoms with E-state index in [-0.39, 0.29) is 18.7 Å². The second-order valence-electron chi connectivity index (χ2n) is 9.40. The molecule has 162 valence electrons. The Balaban J connectivity index is 1.51. The van der Waals surface area contributed by atoms with Crippen molar-refractivity contribution in [3.05, 3.63) is 35.9 Å². The van der Waals surface area contributed by atoms with Crippen molar-refractivity contribution in [2.45, 2.75) is 95.2 Å². The Hall–Kier alpha value is -1.39. The first-order valence-electron chi connectivity index (χ1n) is 11.8. The van der Waals surface area contributed by atoms with E-state index in [2.05, 4.69) is 14.0 Å². The normalized spacial score (nSPS) is 29.6. The maximum Gasteiger partial charge on any atom is 0.316 e. The number of aliphatic hydroxyl groups excluding tert-OH is 1. The fourth-order valence-electron chi connectivity index (χ4n) is 5.64. The molecule has 3 unspecified atom stereocenters. The maximum atomic E-state index is 12.7. The van der Waals surface area contributed by atoms with Crippen molar-refractivity contribution in [3.8, 4) is 0 Å². The summed E-state index contributed by atoms with van der Waals surface area (Å²) in [4.78, 5) is 12.7. The number of carbonyl (C=O) groups is 1. The molecule has 2 fully saturated rings. The van der Waals surface area contributed by atoms with Crippen LogP contribution in [0.3, 0.4) is 0 Å². The van der Waals surface area contributed by atoms with Gasteiger partial charge in [-0.2, -0.15) is 0 Å². The van der Waals surface area contributed by atoms with Gasteiger partial charge in [0.25, 0.3) is 0 Å². The van der Waals surface area contributed by atoms with Crippen LogP contribution >= 0.6 is 0 Å². The molecule has 2 heterocycles. The number of esters is 1. The van der Waals surface area contributed by atoms with Gasteiger partial charge in [-0.15, -0.1) is 0 Å². The van der Waals surface area contributed by atoms with Crippen molar-refractivity contribution >= 4 is 5.97 Å². The number of ether oxygens (including phenoxy) is 1. The summed E-state index contributed by atoms with van der Waals surface area (Å²) in [5.74, 6) is -0.838. The molecule has 0 aromatic heterocycles. The Morgan fingerprint density at radius 3 is 2.31 bits per heavy atom. The van der Waals surface area contributed by atoms with Crippen LogP contribution in [-0.2, 0) is 9.53 Å². The summed E-state index contributed by atoms with van der Waals surface area (Å²) in [7, 11) is 2.44. The molecular formula is C25H40NO3+. The number of rotatable bonds is 11. The molecule has 0 spiro atoms. The summed E-state index contributed by atoms with van der Waals surface area (Å²) >= 11 is 0. The highest BCUT2D eigenvalue weighted by molar-refractivity contribution is 5.78. The largest absolute Gasteiger partial charge is 0.461 e. The minimum atomic E-state index is -0.570. The first-order chi connectivity index (χ1) is 14.1. The summed E-state index contributed by atoms with van der Waals surface area (Å²) in [6.45, 7) is 3.34. The Morgan fingerprint density at radius 1 is 1.07 bits per heavy atom. The van der Waals surface area contributed by atoms with E-state index in [1.165, 1.54) is 62.4 Å². The first kappa shape index (κ1) is 22.3. The first-order valence-corrected chi connectivity index (χ1v) is 11.8. The zero-order valence-electron chi connectivity index (χ0n) is 18.4. The molecule has 0 saturated carbocycles. The van der Waals surface area contributed by atoms with Gasteiger partial charge in [-0.1, -0.05) is 62.9 Å². The van der Waals surface area contributed by atoms with Crippen LogP contribution in [0.2, 0.25) is 0 Å². The van der Waals surface area contributed by atoms with Crippen LogP contribution < -0.4 is 0 Å². The van der Waals surface area contributed by atoms with Gasteiger partial charge in [0, 0.05) is 25.7 Å². The van der Waals surface area contributed by atoms with Crippen LogP contribution in [0.25, 0.3) is 0 Å². The summed E-state index contributed by atoms with van der Waals surface area (Å²) in [6, 6.07) is 10.7. The average Bonchev–Trinajstić information content (AvgIpc) is 2.89. The van der Waals surface area contributed by atoms with Crippen molar-refractivity contribution in [3.63, 3.8) is 0 Å². The van der Waals surface area contributed by atoms with Crippen molar-refractivity contribution in [2.75, 3.05) is 20.2 Å². The van der Waals surface area contributed by atoms with Crippen LogP contribution in [0.5, 0.6) is 0 Å². The number of carbonyl (C=O) groups excluding carboxylic acids is 1. The fraction of sp³-hybridized carbons (Fsp3) is 0.720. The molecule has 3 rings (SSSR count). The van der Waals surface area contributed by atoms with Crippen molar-refractivity contribution in [1.29, 1.82) is 0 Å². The lowest BCUT2D eigenvalue weighted by Crippen LogP contribution is -2.59.